The fourth-order valence-electron chi connectivity index (χ4n) is 5.56. The molecule has 1 aliphatic heterocycles. The summed E-state index contributed by atoms with van der Waals surface area (Å²) in [6.07, 6.45) is 6.77. The number of hydrogen-bond donors (Lipinski definition) is 1. The van der Waals surface area contributed by atoms with Crippen LogP contribution in [-0.4, -0.2) is 42.1 Å². The average Bonchev–Trinajstić information content (AvgIpc) is 3.55. The van der Waals surface area contributed by atoms with Gasteiger partial charge in [0, 0.05) is 46.2 Å². The normalized spacial score (nSPS) is 16.3. The summed E-state index contributed by atoms with van der Waals surface area (Å²) in [5, 5.41) is 2.38. The van der Waals surface area contributed by atoms with Gasteiger partial charge in [-0.25, -0.2) is 0 Å². The Labute approximate surface area is 210 Å². The summed E-state index contributed by atoms with van der Waals surface area (Å²) in [5.41, 5.74) is 10.6. The van der Waals surface area contributed by atoms with Gasteiger partial charge in [0.2, 0.25) is 0 Å². The third-order valence-corrected chi connectivity index (χ3v) is 8.74. The number of para-hydroxylation sites is 1. The molecule has 0 unspecified atom stereocenters. The number of carbonyl (C=O) groups excluding carboxylic acids is 1. The van der Waals surface area contributed by atoms with Gasteiger partial charge in [-0.3, -0.25) is 4.79 Å². The molecular formula is C29H33N3O2S. The minimum Gasteiger partial charge on any atom is -0.496 e. The molecule has 0 bridgehead atoms. The Hall–Kier alpha value is -2.83. The number of likely N-dealkylation sites (tertiary alicyclic amines) is 1. The largest absolute Gasteiger partial charge is 0.496 e. The molecule has 3 heterocycles. The van der Waals surface area contributed by atoms with Crippen molar-refractivity contribution >= 4 is 38.2 Å². The van der Waals surface area contributed by atoms with Crippen molar-refractivity contribution in [2.24, 2.45) is 11.7 Å². The van der Waals surface area contributed by atoms with Crippen molar-refractivity contribution in [1.82, 2.24) is 9.47 Å². The van der Waals surface area contributed by atoms with E-state index in [1.807, 2.05) is 11.0 Å². The van der Waals surface area contributed by atoms with Crippen LogP contribution in [0.3, 0.4) is 0 Å². The molecule has 0 atom stereocenters. The summed E-state index contributed by atoms with van der Waals surface area (Å²) in [6.45, 7) is 3.30. The lowest BCUT2D eigenvalue weighted by Gasteiger charge is -2.27. The summed E-state index contributed by atoms with van der Waals surface area (Å²) < 4.78 is 9.50. The molecule has 6 rings (SSSR count). The first-order chi connectivity index (χ1) is 17.2. The first-order valence-corrected chi connectivity index (χ1v) is 13.7. The Balaban J connectivity index is 1.53. The van der Waals surface area contributed by atoms with Gasteiger partial charge in [-0.15, -0.1) is 11.3 Å². The molecule has 2 N–H and O–H groups in total. The second-order valence-electron chi connectivity index (χ2n) is 10.00. The van der Waals surface area contributed by atoms with Crippen molar-refractivity contribution in [3.8, 4) is 16.3 Å². The fraction of sp³-hybridized carbons (Fsp3) is 0.414. The maximum Gasteiger partial charge on any atom is 0.254 e. The number of ether oxygens (including phenoxy) is 1. The molecule has 2 aromatic carbocycles. The highest BCUT2D eigenvalue weighted by Gasteiger charge is 2.27. The molecular weight excluding hydrogens is 454 g/mol. The number of piperidine rings is 1. The van der Waals surface area contributed by atoms with Gasteiger partial charge < -0.3 is 19.9 Å². The number of fused-ring (bicyclic) bond motifs is 2. The first-order valence-electron chi connectivity index (χ1n) is 12.9. The third kappa shape index (κ3) is 4.13. The molecule has 2 aromatic heterocycles. The van der Waals surface area contributed by atoms with E-state index in [1.54, 1.807) is 18.4 Å². The highest BCUT2D eigenvalue weighted by atomic mass is 32.1. The summed E-state index contributed by atoms with van der Waals surface area (Å²) in [5.74, 6) is 1.65. The lowest BCUT2D eigenvalue weighted by Crippen LogP contribution is -2.35. The SMILES string of the molecule is COc1cc(C(=O)N2CCCCC2)cc2sc(-c3cc4ccccc4n3CC3CC3)c(CCN)c12. The van der Waals surface area contributed by atoms with Crippen LogP contribution in [0.25, 0.3) is 31.6 Å². The van der Waals surface area contributed by atoms with Gasteiger partial charge in [-0.05, 0) is 80.8 Å². The predicted octanol–water partition coefficient (Wildman–Crippen LogP) is 6.07. The molecule has 4 aromatic rings. The monoisotopic (exact) mass is 487 g/mol. The van der Waals surface area contributed by atoms with Gasteiger partial charge in [0.1, 0.15) is 5.75 Å². The van der Waals surface area contributed by atoms with E-state index in [4.69, 9.17) is 10.5 Å². The average molecular weight is 488 g/mol. The predicted molar refractivity (Wildman–Crippen MR) is 145 cm³/mol. The van der Waals surface area contributed by atoms with Crippen LogP contribution >= 0.6 is 11.3 Å². The Bertz CT molecular complexity index is 1390. The zero-order valence-electron chi connectivity index (χ0n) is 20.4. The molecule has 2 aliphatic rings. The molecule has 2 fully saturated rings. The fourth-order valence-corrected chi connectivity index (χ4v) is 6.89. The van der Waals surface area contributed by atoms with E-state index >= 15 is 0 Å². The molecule has 35 heavy (non-hydrogen) atoms. The number of rotatable bonds is 7. The number of aromatic nitrogens is 1. The number of carbonyl (C=O) groups is 1. The van der Waals surface area contributed by atoms with Gasteiger partial charge >= 0.3 is 0 Å². The number of nitrogens with zero attached hydrogens (tertiary/aromatic N) is 2. The van der Waals surface area contributed by atoms with Crippen LogP contribution < -0.4 is 10.5 Å². The van der Waals surface area contributed by atoms with E-state index < -0.39 is 0 Å². The molecule has 5 nitrogen and oxygen atoms in total. The number of benzene rings is 2. The van der Waals surface area contributed by atoms with Crippen LogP contribution in [0.4, 0.5) is 0 Å². The Morgan fingerprint density at radius 1 is 1.11 bits per heavy atom. The van der Waals surface area contributed by atoms with E-state index in [9.17, 15) is 4.79 Å². The van der Waals surface area contributed by atoms with Crippen LogP contribution in [0, 0.1) is 5.92 Å². The van der Waals surface area contributed by atoms with E-state index in [0.717, 1.165) is 66.2 Å². The van der Waals surface area contributed by atoms with Gasteiger partial charge in [-0.2, -0.15) is 0 Å². The van der Waals surface area contributed by atoms with Crippen LogP contribution in [0.15, 0.2) is 42.5 Å². The molecule has 1 saturated heterocycles. The molecule has 182 valence electrons. The molecule has 0 spiro atoms. The molecule has 6 heteroatoms. The van der Waals surface area contributed by atoms with Crippen molar-refractivity contribution in [3.05, 3.63) is 53.6 Å². The lowest BCUT2D eigenvalue weighted by atomic mass is 10.0. The van der Waals surface area contributed by atoms with E-state index in [1.165, 1.54) is 46.3 Å². The summed E-state index contributed by atoms with van der Waals surface area (Å²) in [4.78, 5) is 16.6. The van der Waals surface area contributed by atoms with Crippen molar-refractivity contribution in [2.75, 3.05) is 26.7 Å². The smallest absolute Gasteiger partial charge is 0.254 e. The topological polar surface area (TPSA) is 60.5 Å². The minimum absolute atomic E-state index is 0.114. The van der Waals surface area contributed by atoms with Crippen LogP contribution in [0.2, 0.25) is 0 Å². The molecule has 1 aliphatic carbocycles. The number of thiophene rings is 1. The lowest BCUT2D eigenvalue weighted by molar-refractivity contribution is 0.0724. The first kappa shape index (κ1) is 22.6. The maximum atomic E-state index is 13.3. The molecule has 1 amide bonds. The Morgan fingerprint density at radius 3 is 2.66 bits per heavy atom. The van der Waals surface area contributed by atoms with Crippen molar-refractivity contribution < 1.29 is 9.53 Å². The molecule has 1 saturated carbocycles. The second-order valence-corrected chi connectivity index (χ2v) is 11.0. The van der Waals surface area contributed by atoms with E-state index in [-0.39, 0.29) is 5.91 Å². The quantitative estimate of drug-likeness (QED) is 0.344. The van der Waals surface area contributed by atoms with Gasteiger partial charge in [-0.1, -0.05) is 18.2 Å². The zero-order chi connectivity index (χ0) is 23.9. The number of amides is 1. The Kier molecular flexibility index (Phi) is 6.02. The third-order valence-electron chi connectivity index (χ3n) is 7.54. The zero-order valence-corrected chi connectivity index (χ0v) is 21.2. The Morgan fingerprint density at radius 2 is 1.91 bits per heavy atom. The molecule has 0 radical (unpaired) electrons. The highest BCUT2D eigenvalue weighted by Crippen LogP contribution is 2.46. The van der Waals surface area contributed by atoms with Crippen LogP contribution in [-0.2, 0) is 13.0 Å². The maximum absolute atomic E-state index is 13.3. The van der Waals surface area contributed by atoms with Crippen molar-refractivity contribution in [1.29, 1.82) is 0 Å². The van der Waals surface area contributed by atoms with E-state index in [2.05, 4.69) is 41.0 Å². The van der Waals surface area contributed by atoms with Crippen molar-refractivity contribution in [2.45, 2.75) is 45.1 Å². The van der Waals surface area contributed by atoms with Crippen LogP contribution in [0.1, 0.15) is 48.0 Å². The standard InChI is InChI=1S/C29H33N3O2S/c1-34-25-16-21(29(33)31-13-5-2-6-14-31)17-26-27(25)22(11-12-30)28(35-26)24-15-20-7-3-4-8-23(20)32(24)18-19-9-10-19/h3-4,7-8,15-17,19H,2,5-6,9-14,18,30H2,1H3. The summed E-state index contributed by atoms with van der Waals surface area (Å²) >= 11 is 1.77. The van der Waals surface area contributed by atoms with Gasteiger partial charge in [0.05, 0.1) is 17.7 Å². The van der Waals surface area contributed by atoms with Crippen LogP contribution in [0.5, 0.6) is 5.75 Å². The second kappa shape index (κ2) is 9.32. The van der Waals surface area contributed by atoms with Gasteiger partial charge in [0.25, 0.3) is 5.91 Å². The number of methoxy groups -OCH3 is 1. The highest BCUT2D eigenvalue weighted by molar-refractivity contribution is 7.22. The minimum atomic E-state index is 0.114. The number of hydrogen-bond acceptors (Lipinski definition) is 4. The van der Waals surface area contributed by atoms with Crippen molar-refractivity contribution in [3.63, 3.8) is 0 Å². The summed E-state index contributed by atoms with van der Waals surface area (Å²) in [7, 11) is 1.71. The summed E-state index contributed by atoms with van der Waals surface area (Å²) in [6, 6.07) is 15.0. The van der Waals surface area contributed by atoms with Gasteiger partial charge in [0.15, 0.2) is 0 Å². The van der Waals surface area contributed by atoms with E-state index in [0.29, 0.717) is 6.54 Å². The number of nitrogens with two attached hydrogens (primary N) is 1.